The first-order valence-corrected chi connectivity index (χ1v) is 3.61. The maximum atomic E-state index is 5.39. The van der Waals surface area contributed by atoms with E-state index >= 15 is 0 Å². The van der Waals surface area contributed by atoms with E-state index in [1.54, 1.807) is 0 Å². The van der Waals surface area contributed by atoms with Crippen molar-refractivity contribution in [2.75, 3.05) is 12.5 Å². The predicted octanol–water partition coefficient (Wildman–Crippen LogP) is 2.24. The smallest absolute Gasteiger partial charge is 0.0713 e. The molecule has 0 rings (SSSR count). The van der Waals surface area contributed by atoms with E-state index < -0.39 is 0 Å². The van der Waals surface area contributed by atoms with Crippen molar-refractivity contribution in [1.29, 1.82) is 0 Å². The molecule has 0 amide bonds. The van der Waals surface area contributed by atoms with Crippen molar-refractivity contribution < 1.29 is 0 Å². The summed E-state index contributed by atoms with van der Waals surface area (Å²) < 4.78 is 0. The highest BCUT2D eigenvalue weighted by Crippen LogP contribution is 1.96. The largest absolute Gasteiger partial charge is 0.304 e. The third kappa shape index (κ3) is 8.54. The van der Waals surface area contributed by atoms with Crippen LogP contribution in [0.25, 0.3) is 0 Å². The fraction of sp³-hybridized carbons (Fsp3) is 1.00. The second-order valence-corrected chi connectivity index (χ2v) is 2.37. The van der Waals surface area contributed by atoms with Crippen LogP contribution in [0.5, 0.6) is 0 Å². The summed E-state index contributed by atoms with van der Waals surface area (Å²) in [7, 11) is 0. The van der Waals surface area contributed by atoms with Gasteiger partial charge in [-0.1, -0.05) is 20.3 Å². The predicted molar refractivity (Wildman–Crippen MR) is 45.4 cm³/mol. The quantitative estimate of drug-likeness (QED) is 0.506. The molecule has 0 fully saturated rings. The number of nitrogens with one attached hydrogen (secondary N) is 1. The molecule has 0 saturated heterocycles. The molecule has 9 heavy (non-hydrogen) atoms. The first-order chi connectivity index (χ1) is 3.81. The van der Waals surface area contributed by atoms with Crippen molar-refractivity contribution in [3.8, 4) is 0 Å². The van der Waals surface area contributed by atoms with Gasteiger partial charge in [-0.05, 0) is 12.5 Å². The fourth-order valence-corrected chi connectivity index (χ4v) is 0.554. The van der Waals surface area contributed by atoms with Crippen LogP contribution in [0.15, 0.2) is 0 Å². The number of halogens is 2. The van der Waals surface area contributed by atoms with Crippen LogP contribution in [0.1, 0.15) is 20.3 Å². The van der Waals surface area contributed by atoms with Crippen LogP contribution >= 0.6 is 24.0 Å². The Labute approximate surface area is 68.6 Å². The van der Waals surface area contributed by atoms with E-state index in [2.05, 4.69) is 19.2 Å². The van der Waals surface area contributed by atoms with E-state index in [4.69, 9.17) is 11.6 Å². The summed E-state index contributed by atoms with van der Waals surface area (Å²) in [6, 6.07) is 0.574. The third-order valence-corrected chi connectivity index (χ3v) is 1.47. The lowest BCUT2D eigenvalue weighted by Gasteiger charge is -2.05. The van der Waals surface area contributed by atoms with Crippen LogP contribution in [0.2, 0.25) is 0 Å². The van der Waals surface area contributed by atoms with Gasteiger partial charge in [-0.3, -0.25) is 0 Å². The maximum Gasteiger partial charge on any atom is 0.0713 e. The summed E-state index contributed by atoms with van der Waals surface area (Å²) in [4.78, 5) is 0. The molecule has 0 bridgehead atoms. The first-order valence-electron chi connectivity index (χ1n) is 3.08. The maximum absolute atomic E-state index is 5.39. The minimum Gasteiger partial charge on any atom is -0.304 e. The van der Waals surface area contributed by atoms with Gasteiger partial charge in [0.15, 0.2) is 0 Å². The number of alkyl halides is 1. The lowest BCUT2D eigenvalue weighted by Crippen LogP contribution is -2.18. The van der Waals surface area contributed by atoms with E-state index in [1.165, 1.54) is 6.42 Å². The molecule has 1 N–H and O–H groups in total. The minimum atomic E-state index is 0. The molecule has 0 aromatic carbocycles. The van der Waals surface area contributed by atoms with Crippen molar-refractivity contribution in [1.82, 2.24) is 5.32 Å². The monoisotopic (exact) mass is 171 g/mol. The Hall–Kier alpha value is 0.540. The molecule has 3 heteroatoms. The van der Waals surface area contributed by atoms with E-state index in [0.29, 0.717) is 6.00 Å². The zero-order valence-corrected chi connectivity index (χ0v) is 7.56. The Balaban J connectivity index is 0. The normalized spacial score (nSPS) is 12.3. The lowest BCUT2D eigenvalue weighted by molar-refractivity contribution is 0.523. The Kier molecular flexibility index (Phi) is 11.6. The Morgan fingerprint density at radius 2 is 2.11 bits per heavy atom. The first kappa shape index (κ1) is 12.2. The van der Waals surface area contributed by atoms with Gasteiger partial charge in [0.1, 0.15) is 0 Å². The van der Waals surface area contributed by atoms with Crippen LogP contribution in [-0.4, -0.2) is 12.5 Å². The van der Waals surface area contributed by atoms with Gasteiger partial charge in [0.25, 0.3) is 0 Å². The Morgan fingerprint density at radius 1 is 1.56 bits per heavy atom. The average molecular weight is 172 g/mol. The summed E-state index contributed by atoms with van der Waals surface area (Å²) in [5, 5.41) is 3.06. The SMILES string of the molecule is CCC(C)CNCCl.Cl. The van der Waals surface area contributed by atoms with Crippen molar-refractivity contribution >= 4 is 24.0 Å². The summed E-state index contributed by atoms with van der Waals surface area (Å²) in [6.07, 6.45) is 1.23. The topological polar surface area (TPSA) is 12.0 Å². The van der Waals surface area contributed by atoms with Gasteiger partial charge < -0.3 is 5.32 Å². The van der Waals surface area contributed by atoms with Crippen LogP contribution < -0.4 is 5.32 Å². The summed E-state index contributed by atoms with van der Waals surface area (Å²) in [5.41, 5.74) is 0. The average Bonchev–Trinajstić information content (AvgIpc) is 1.83. The van der Waals surface area contributed by atoms with Crippen molar-refractivity contribution in [3.05, 3.63) is 0 Å². The zero-order valence-electron chi connectivity index (χ0n) is 5.98. The van der Waals surface area contributed by atoms with Gasteiger partial charge in [0, 0.05) is 0 Å². The Morgan fingerprint density at radius 3 is 2.44 bits per heavy atom. The highest BCUT2D eigenvalue weighted by atomic mass is 35.5. The molecule has 0 spiro atoms. The Bertz CT molecular complexity index is 50.3. The molecule has 1 nitrogen and oxygen atoms in total. The molecule has 0 heterocycles. The van der Waals surface area contributed by atoms with Gasteiger partial charge in [-0.15, -0.1) is 24.0 Å². The molecule has 1 atom stereocenters. The molecule has 0 aromatic heterocycles. The van der Waals surface area contributed by atoms with E-state index in [1.807, 2.05) is 0 Å². The fourth-order valence-electron chi connectivity index (χ4n) is 0.445. The molecule has 58 valence electrons. The van der Waals surface area contributed by atoms with E-state index in [0.717, 1.165) is 12.5 Å². The standard InChI is InChI=1S/C6H14ClN.ClH/c1-3-6(2)4-8-5-7;/h6,8H,3-5H2,1-2H3;1H. The second-order valence-electron chi connectivity index (χ2n) is 2.10. The van der Waals surface area contributed by atoms with Crippen LogP contribution in [0.3, 0.4) is 0 Å². The number of rotatable bonds is 4. The van der Waals surface area contributed by atoms with Crippen molar-refractivity contribution in [2.24, 2.45) is 5.92 Å². The summed E-state index contributed by atoms with van der Waals surface area (Å²) >= 11 is 5.39. The molecule has 1 unspecified atom stereocenters. The van der Waals surface area contributed by atoms with E-state index in [9.17, 15) is 0 Å². The molecular formula is C6H15Cl2N. The van der Waals surface area contributed by atoms with Crippen molar-refractivity contribution in [2.45, 2.75) is 20.3 Å². The molecule has 0 saturated carbocycles. The molecule has 0 radical (unpaired) electrons. The summed E-state index contributed by atoms with van der Waals surface area (Å²) in [5.74, 6) is 0.758. The zero-order chi connectivity index (χ0) is 6.41. The minimum absolute atomic E-state index is 0. The van der Waals surface area contributed by atoms with Crippen LogP contribution in [0, 0.1) is 5.92 Å². The van der Waals surface area contributed by atoms with Crippen LogP contribution in [-0.2, 0) is 0 Å². The number of hydrogen-bond acceptors (Lipinski definition) is 1. The lowest BCUT2D eigenvalue weighted by atomic mass is 10.1. The van der Waals surface area contributed by atoms with Gasteiger partial charge in [0.05, 0.1) is 6.00 Å². The molecule has 0 aliphatic heterocycles. The van der Waals surface area contributed by atoms with Gasteiger partial charge in [0.2, 0.25) is 0 Å². The van der Waals surface area contributed by atoms with Gasteiger partial charge in [-0.2, -0.15) is 0 Å². The summed E-state index contributed by atoms with van der Waals surface area (Å²) in [6.45, 7) is 5.43. The van der Waals surface area contributed by atoms with Crippen molar-refractivity contribution in [3.63, 3.8) is 0 Å². The highest BCUT2D eigenvalue weighted by Gasteiger charge is 1.94. The molecule has 0 aliphatic carbocycles. The highest BCUT2D eigenvalue weighted by molar-refractivity contribution is 6.17. The molecular weight excluding hydrogens is 157 g/mol. The molecule has 0 aromatic rings. The second kappa shape index (κ2) is 8.54. The third-order valence-electron chi connectivity index (χ3n) is 1.28. The van der Waals surface area contributed by atoms with Gasteiger partial charge in [-0.25, -0.2) is 0 Å². The van der Waals surface area contributed by atoms with E-state index in [-0.39, 0.29) is 12.4 Å². The van der Waals surface area contributed by atoms with Crippen LogP contribution in [0.4, 0.5) is 0 Å². The molecule has 0 aliphatic rings. The van der Waals surface area contributed by atoms with Gasteiger partial charge >= 0.3 is 0 Å². The number of hydrogen-bond donors (Lipinski definition) is 1.